The first-order valence-corrected chi connectivity index (χ1v) is 37.5. The Morgan fingerprint density at radius 2 is 0.434 bits per heavy atom. The Balaban J connectivity index is 4.16. The van der Waals surface area contributed by atoms with Crippen molar-refractivity contribution in [3.05, 3.63) is 36.5 Å². The minimum Gasteiger partial charge on any atom is -0.462 e. The van der Waals surface area contributed by atoms with Crippen LogP contribution < -0.4 is 0 Å². The molecule has 0 aliphatic carbocycles. The van der Waals surface area contributed by atoms with Gasteiger partial charge in [0.25, 0.3) is 0 Å². The van der Waals surface area contributed by atoms with E-state index in [2.05, 4.69) is 57.2 Å². The number of unbranched alkanes of at least 4 members (excludes halogenated alkanes) is 53. The van der Waals surface area contributed by atoms with Crippen molar-refractivity contribution in [1.82, 2.24) is 0 Å². The summed E-state index contributed by atoms with van der Waals surface area (Å²) in [5.41, 5.74) is 0. The SMILES string of the molecule is CCCCC/C=C\C/C=C\CCCCCCCC(=O)OCC(COC(=O)CCCCCCCCCCCCCCCCCCCCCCCCCCCCCCCCCC)OC(=O)CCCCCCCCC/C=C\CCCCCCCCC. The molecule has 83 heavy (non-hydrogen) atoms. The van der Waals surface area contributed by atoms with E-state index < -0.39 is 6.10 Å². The average Bonchev–Trinajstić information content (AvgIpc) is 3.49. The van der Waals surface area contributed by atoms with Gasteiger partial charge in [0.2, 0.25) is 0 Å². The van der Waals surface area contributed by atoms with Crippen molar-refractivity contribution in [2.24, 2.45) is 0 Å². The summed E-state index contributed by atoms with van der Waals surface area (Å²) in [6.07, 6.45) is 90.6. The number of esters is 3. The zero-order valence-corrected chi connectivity index (χ0v) is 56.2. The highest BCUT2D eigenvalue weighted by Gasteiger charge is 2.20. The minimum absolute atomic E-state index is 0.0739. The molecule has 0 saturated carbocycles. The molecule has 0 aromatic heterocycles. The van der Waals surface area contributed by atoms with E-state index in [0.29, 0.717) is 19.3 Å². The first-order valence-electron chi connectivity index (χ1n) is 37.5. The third-order valence-corrected chi connectivity index (χ3v) is 17.1. The van der Waals surface area contributed by atoms with Crippen LogP contribution in [0, 0.1) is 0 Å². The molecule has 0 bridgehead atoms. The maximum atomic E-state index is 12.9. The Hall–Kier alpha value is -2.37. The van der Waals surface area contributed by atoms with E-state index in [-0.39, 0.29) is 31.1 Å². The van der Waals surface area contributed by atoms with Crippen LogP contribution in [-0.2, 0) is 28.6 Å². The van der Waals surface area contributed by atoms with Gasteiger partial charge < -0.3 is 14.2 Å². The van der Waals surface area contributed by atoms with Crippen molar-refractivity contribution in [3.8, 4) is 0 Å². The largest absolute Gasteiger partial charge is 0.462 e. The molecule has 6 heteroatoms. The Labute approximate surface area is 518 Å². The van der Waals surface area contributed by atoms with Gasteiger partial charge in [-0.3, -0.25) is 14.4 Å². The van der Waals surface area contributed by atoms with Gasteiger partial charge in [-0.2, -0.15) is 0 Å². The van der Waals surface area contributed by atoms with Crippen molar-refractivity contribution in [3.63, 3.8) is 0 Å². The monoisotopic (exact) mass is 1170 g/mol. The van der Waals surface area contributed by atoms with E-state index in [1.807, 2.05) is 0 Å². The van der Waals surface area contributed by atoms with Gasteiger partial charge in [0.15, 0.2) is 6.10 Å². The molecule has 0 aromatic carbocycles. The highest BCUT2D eigenvalue weighted by Crippen LogP contribution is 2.19. The second-order valence-corrected chi connectivity index (χ2v) is 25.6. The molecule has 1 unspecified atom stereocenters. The summed E-state index contributed by atoms with van der Waals surface area (Å²) in [6.45, 7) is 6.67. The van der Waals surface area contributed by atoms with Crippen molar-refractivity contribution < 1.29 is 28.6 Å². The summed E-state index contributed by atoms with van der Waals surface area (Å²) in [4.78, 5) is 38.5. The lowest BCUT2D eigenvalue weighted by Crippen LogP contribution is -2.30. The zero-order chi connectivity index (χ0) is 59.9. The molecule has 6 nitrogen and oxygen atoms in total. The second-order valence-electron chi connectivity index (χ2n) is 25.6. The molecule has 0 aromatic rings. The summed E-state index contributed by atoms with van der Waals surface area (Å²) in [5, 5.41) is 0. The third kappa shape index (κ3) is 70.3. The summed E-state index contributed by atoms with van der Waals surface area (Å²) >= 11 is 0. The van der Waals surface area contributed by atoms with Crippen LogP contribution in [0.15, 0.2) is 36.5 Å². The topological polar surface area (TPSA) is 78.9 Å². The summed E-state index contributed by atoms with van der Waals surface area (Å²) < 4.78 is 17.0. The standard InChI is InChI=1S/C77H144O6/c1-4-7-10-13-16-19-22-25-28-30-32-33-34-35-36-37-38-39-40-41-42-43-44-45-47-49-52-55-58-61-64-67-70-76(79)82-73-74(72-81-75(78)69-66-63-60-57-54-51-48-27-24-21-18-15-12-9-6-3)83-77(80)71-68-65-62-59-56-53-50-46-31-29-26-23-20-17-14-11-8-5-2/h18,21,27,29,31,48,74H,4-17,19-20,22-26,28,30,32-47,49-73H2,1-3H3/b21-18-,31-29-,48-27-. The van der Waals surface area contributed by atoms with E-state index in [1.54, 1.807) is 0 Å². The van der Waals surface area contributed by atoms with Gasteiger partial charge in [-0.15, -0.1) is 0 Å². The Kier molecular flexibility index (Phi) is 70.0. The zero-order valence-electron chi connectivity index (χ0n) is 56.2. The fourth-order valence-electron chi connectivity index (χ4n) is 11.5. The Morgan fingerprint density at radius 3 is 0.699 bits per heavy atom. The number of allylic oxidation sites excluding steroid dienone is 6. The number of carbonyl (C=O) groups excluding carboxylic acids is 3. The molecule has 0 amide bonds. The van der Waals surface area contributed by atoms with Gasteiger partial charge in [-0.1, -0.05) is 359 Å². The van der Waals surface area contributed by atoms with E-state index >= 15 is 0 Å². The maximum Gasteiger partial charge on any atom is 0.306 e. The number of carbonyl (C=O) groups is 3. The summed E-state index contributed by atoms with van der Waals surface area (Å²) in [5.74, 6) is -0.864. The average molecular weight is 1170 g/mol. The predicted octanol–water partition coefficient (Wildman–Crippen LogP) is 25.9. The van der Waals surface area contributed by atoms with Gasteiger partial charge in [0, 0.05) is 19.3 Å². The summed E-state index contributed by atoms with van der Waals surface area (Å²) in [7, 11) is 0. The maximum absolute atomic E-state index is 12.9. The molecule has 0 aliphatic heterocycles. The highest BCUT2D eigenvalue weighted by atomic mass is 16.6. The predicted molar refractivity (Wildman–Crippen MR) is 362 cm³/mol. The van der Waals surface area contributed by atoms with Crippen LogP contribution in [0.1, 0.15) is 419 Å². The Morgan fingerprint density at radius 1 is 0.241 bits per heavy atom. The smallest absolute Gasteiger partial charge is 0.306 e. The fraction of sp³-hybridized carbons (Fsp3) is 0.883. The molecule has 0 radical (unpaired) electrons. The lowest BCUT2D eigenvalue weighted by atomic mass is 10.0. The van der Waals surface area contributed by atoms with E-state index in [1.165, 1.54) is 302 Å². The van der Waals surface area contributed by atoms with Gasteiger partial charge in [-0.25, -0.2) is 0 Å². The molecule has 0 spiro atoms. The molecule has 0 N–H and O–H groups in total. The number of ether oxygens (including phenoxy) is 3. The first kappa shape index (κ1) is 80.6. The van der Waals surface area contributed by atoms with Crippen LogP contribution in [0.5, 0.6) is 0 Å². The fourth-order valence-corrected chi connectivity index (χ4v) is 11.5. The number of rotatable bonds is 70. The molecule has 1 atom stereocenters. The highest BCUT2D eigenvalue weighted by molar-refractivity contribution is 5.71. The third-order valence-electron chi connectivity index (χ3n) is 17.1. The van der Waals surface area contributed by atoms with Crippen molar-refractivity contribution in [2.75, 3.05) is 13.2 Å². The van der Waals surface area contributed by atoms with Crippen LogP contribution in [0.3, 0.4) is 0 Å². The first-order chi connectivity index (χ1) is 41.0. The van der Waals surface area contributed by atoms with Crippen LogP contribution >= 0.6 is 0 Å². The second kappa shape index (κ2) is 72.1. The molecule has 0 fully saturated rings. The Bertz CT molecular complexity index is 1380. The van der Waals surface area contributed by atoms with E-state index in [0.717, 1.165) is 77.0 Å². The normalized spacial score (nSPS) is 12.2. The minimum atomic E-state index is -0.780. The lowest BCUT2D eigenvalue weighted by Gasteiger charge is -2.18. The van der Waals surface area contributed by atoms with Crippen LogP contribution in [0.25, 0.3) is 0 Å². The molecule has 0 aliphatic rings. The van der Waals surface area contributed by atoms with Crippen LogP contribution in [0.2, 0.25) is 0 Å². The van der Waals surface area contributed by atoms with Crippen molar-refractivity contribution >= 4 is 17.9 Å². The van der Waals surface area contributed by atoms with Crippen LogP contribution in [0.4, 0.5) is 0 Å². The summed E-state index contributed by atoms with van der Waals surface area (Å²) in [6, 6.07) is 0. The van der Waals surface area contributed by atoms with Crippen LogP contribution in [-0.4, -0.2) is 37.2 Å². The van der Waals surface area contributed by atoms with E-state index in [4.69, 9.17) is 14.2 Å². The molecule has 0 saturated heterocycles. The number of hydrogen-bond donors (Lipinski definition) is 0. The molecule has 0 rings (SSSR count). The van der Waals surface area contributed by atoms with E-state index in [9.17, 15) is 14.4 Å². The van der Waals surface area contributed by atoms with Crippen molar-refractivity contribution in [2.45, 2.75) is 425 Å². The molecular formula is C77H144O6. The number of hydrogen-bond acceptors (Lipinski definition) is 6. The van der Waals surface area contributed by atoms with Gasteiger partial charge in [-0.05, 0) is 77.0 Å². The van der Waals surface area contributed by atoms with Gasteiger partial charge in [0.05, 0.1) is 0 Å². The van der Waals surface area contributed by atoms with Crippen molar-refractivity contribution in [1.29, 1.82) is 0 Å². The lowest BCUT2D eigenvalue weighted by molar-refractivity contribution is -0.167. The molecule has 488 valence electrons. The van der Waals surface area contributed by atoms with Gasteiger partial charge in [0.1, 0.15) is 13.2 Å². The van der Waals surface area contributed by atoms with Gasteiger partial charge >= 0.3 is 17.9 Å². The molecule has 0 heterocycles. The quantitative estimate of drug-likeness (QED) is 0.0261. The molecular weight excluding hydrogens is 1020 g/mol.